The Morgan fingerprint density at radius 1 is 1.05 bits per heavy atom. The minimum atomic E-state index is -0.497. The highest BCUT2D eigenvalue weighted by molar-refractivity contribution is 6.30. The first-order chi connectivity index (χ1) is 10.0. The van der Waals surface area contributed by atoms with Gasteiger partial charge >= 0.3 is 0 Å². The molecule has 0 radical (unpaired) electrons. The van der Waals surface area contributed by atoms with Crippen LogP contribution in [0.1, 0.15) is 16.7 Å². The summed E-state index contributed by atoms with van der Waals surface area (Å²) in [4.78, 5) is 0. The molecule has 2 rings (SSSR count). The summed E-state index contributed by atoms with van der Waals surface area (Å²) in [6.07, 6.45) is 0.438. The van der Waals surface area contributed by atoms with Crippen molar-refractivity contribution in [2.45, 2.75) is 18.8 Å². The van der Waals surface area contributed by atoms with E-state index >= 15 is 0 Å². The Balaban J connectivity index is 2.46. The fourth-order valence-corrected chi connectivity index (χ4v) is 3.49. The van der Waals surface area contributed by atoms with Crippen LogP contribution in [0, 0.1) is 12.7 Å². The van der Waals surface area contributed by atoms with Gasteiger partial charge in [-0.1, -0.05) is 41.9 Å². The van der Waals surface area contributed by atoms with E-state index in [4.69, 9.17) is 34.8 Å². The van der Waals surface area contributed by atoms with E-state index in [1.165, 1.54) is 6.07 Å². The predicted molar refractivity (Wildman–Crippen MR) is 89.4 cm³/mol. The van der Waals surface area contributed by atoms with Crippen LogP contribution in [0.2, 0.25) is 5.02 Å². The fourth-order valence-electron chi connectivity index (χ4n) is 2.57. The minimum absolute atomic E-state index is 0.323. The van der Waals surface area contributed by atoms with Crippen LogP contribution in [-0.2, 0) is 11.8 Å². The predicted octanol–water partition coefficient (Wildman–Crippen LogP) is 5.75. The molecule has 0 amide bonds. The summed E-state index contributed by atoms with van der Waals surface area (Å²) in [5, 5.41) is 0.384. The largest absolute Gasteiger partial charge is 0.207 e. The van der Waals surface area contributed by atoms with Crippen LogP contribution in [0.25, 0.3) is 0 Å². The van der Waals surface area contributed by atoms with Gasteiger partial charge in [0.05, 0.1) is 0 Å². The van der Waals surface area contributed by atoms with Crippen molar-refractivity contribution in [3.8, 4) is 0 Å². The summed E-state index contributed by atoms with van der Waals surface area (Å²) in [7, 11) is 0. The second kappa shape index (κ2) is 7.00. The van der Waals surface area contributed by atoms with Crippen molar-refractivity contribution in [2.24, 2.45) is 0 Å². The summed E-state index contributed by atoms with van der Waals surface area (Å²) in [6, 6.07) is 12.6. The van der Waals surface area contributed by atoms with E-state index in [-0.39, 0.29) is 5.82 Å². The Labute approximate surface area is 139 Å². The van der Waals surface area contributed by atoms with Crippen LogP contribution >= 0.6 is 34.8 Å². The molecule has 2 aromatic rings. The Kier molecular flexibility index (Phi) is 5.54. The number of halogens is 4. The third-order valence-corrected chi connectivity index (χ3v) is 5.03. The third-order valence-electron chi connectivity index (χ3n) is 3.77. The quantitative estimate of drug-likeness (QED) is 0.606. The summed E-state index contributed by atoms with van der Waals surface area (Å²) >= 11 is 18.3. The second-order valence-electron chi connectivity index (χ2n) is 5.28. The average molecular weight is 346 g/mol. The number of alkyl halides is 2. The lowest BCUT2D eigenvalue weighted by atomic mass is 9.77. The molecule has 0 aliphatic rings. The lowest BCUT2D eigenvalue weighted by Crippen LogP contribution is -2.34. The Bertz CT molecular complexity index is 621. The molecule has 0 bridgehead atoms. The third kappa shape index (κ3) is 3.53. The van der Waals surface area contributed by atoms with Gasteiger partial charge in [-0.05, 0) is 42.2 Å². The minimum Gasteiger partial charge on any atom is -0.207 e. The number of aryl methyl sites for hydroxylation is 1. The fraction of sp³-hybridized carbons (Fsp3) is 0.294. The van der Waals surface area contributed by atoms with Gasteiger partial charge in [0.15, 0.2) is 0 Å². The molecular weight excluding hydrogens is 330 g/mol. The first-order valence-electron chi connectivity index (χ1n) is 6.64. The maximum absolute atomic E-state index is 14.1. The molecule has 0 spiro atoms. The Morgan fingerprint density at radius 3 is 2.29 bits per heavy atom. The van der Waals surface area contributed by atoms with E-state index in [2.05, 4.69) is 0 Å². The van der Waals surface area contributed by atoms with Crippen LogP contribution in [0.3, 0.4) is 0 Å². The lowest BCUT2D eigenvalue weighted by Gasteiger charge is -2.32. The van der Waals surface area contributed by atoms with Crippen LogP contribution in [0.4, 0.5) is 4.39 Å². The molecule has 0 N–H and O–H groups in total. The zero-order valence-corrected chi connectivity index (χ0v) is 13.9. The highest BCUT2D eigenvalue weighted by Crippen LogP contribution is 2.34. The average Bonchev–Trinajstić information content (AvgIpc) is 2.48. The van der Waals surface area contributed by atoms with Gasteiger partial charge in [-0.3, -0.25) is 0 Å². The van der Waals surface area contributed by atoms with E-state index in [1.54, 1.807) is 12.1 Å². The van der Waals surface area contributed by atoms with E-state index in [1.807, 2.05) is 31.2 Å². The molecule has 0 aliphatic carbocycles. The summed E-state index contributed by atoms with van der Waals surface area (Å²) in [5.74, 6) is 0.322. The van der Waals surface area contributed by atoms with Crippen LogP contribution in [-0.4, -0.2) is 11.8 Å². The monoisotopic (exact) mass is 344 g/mol. The van der Waals surface area contributed by atoms with Gasteiger partial charge in [-0.25, -0.2) is 4.39 Å². The number of benzene rings is 2. The summed E-state index contributed by atoms with van der Waals surface area (Å²) in [5.41, 5.74) is 2.24. The maximum atomic E-state index is 14.1. The highest BCUT2D eigenvalue weighted by Gasteiger charge is 2.33. The smallest absolute Gasteiger partial charge is 0.127 e. The number of hydrogen-bond acceptors (Lipinski definition) is 0. The normalized spacial score (nSPS) is 11.7. The second-order valence-corrected chi connectivity index (χ2v) is 6.25. The molecular formula is C17H16Cl3F. The van der Waals surface area contributed by atoms with Crippen molar-refractivity contribution in [1.29, 1.82) is 0 Å². The molecule has 0 aliphatic heterocycles. The lowest BCUT2D eigenvalue weighted by molar-refractivity contribution is 0.509. The van der Waals surface area contributed by atoms with Crippen molar-refractivity contribution in [3.63, 3.8) is 0 Å². The Hall–Kier alpha value is -0.760. The van der Waals surface area contributed by atoms with E-state index in [9.17, 15) is 4.39 Å². The van der Waals surface area contributed by atoms with Crippen LogP contribution in [0.15, 0.2) is 42.5 Å². The van der Waals surface area contributed by atoms with Gasteiger partial charge in [-0.15, -0.1) is 23.2 Å². The van der Waals surface area contributed by atoms with Crippen LogP contribution < -0.4 is 0 Å². The standard InChI is InChI=1S/C17H16Cl3F/c1-12-4-2-3-5-15(12)17(10-18,11-19)9-13-6-7-14(20)8-16(13)21/h2-8H,9-11H2,1H3. The van der Waals surface area contributed by atoms with Gasteiger partial charge in [0.25, 0.3) is 0 Å². The molecule has 0 nitrogen and oxygen atoms in total. The molecule has 112 valence electrons. The molecule has 0 saturated carbocycles. The number of rotatable bonds is 5. The van der Waals surface area contributed by atoms with Gasteiger partial charge < -0.3 is 0 Å². The van der Waals surface area contributed by atoms with Gasteiger partial charge in [0.1, 0.15) is 5.82 Å². The van der Waals surface area contributed by atoms with Gasteiger partial charge in [0, 0.05) is 22.2 Å². The molecule has 21 heavy (non-hydrogen) atoms. The highest BCUT2D eigenvalue weighted by atomic mass is 35.5. The summed E-state index contributed by atoms with van der Waals surface area (Å²) < 4.78 is 14.1. The van der Waals surface area contributed by atoms with Crippen molar-refractivity contribution in [2.75, 3.05) is 11.8 Å². The van der Waals surface area contributed by atoms with Crippen molar-refractivity contribution < 1.29 is 4.39 Å². The molecule has 0 saturated heterocycles. The molecule has 4 heteroatoms. The van der Waals surface area contributed by atoms with Crippen molar-refractivity contribution >= 4 is 34.8 Å². The number of hydrogen-bond donors (Lipinski definition) is 0. The molecule has 0 unspecified atom stereocenters. The topological polar surface area (TPSA) is 0 Å². The molecule has 0 atom stereocenters. The van der Waals surface area contributed by atoms with Crippen molar-refractivity contribution in [1.82, 2.24) is 0 Å². The molecule has 0 heterocycles. The zero-order chi connectivity index (χ0) is 15.5. The van der Waals surface area contributed by atoms with E-state index < -0.39 is 5.41 Å². The zero-order valence-electron chi connectivity index (χ0n) is 11.7. The van der Waals surface area contributed by atoms with Crippen molar-refractivity contribution in [3.05, 3.63) is 70.0 Å². The van der Waals surface area contributed by atoms with E-state index in [0.717, 1.165) is 11.1 Å². The van der Waals surface area contributed by atoms with Gasteiger partial charge in [0.2, 0.25) is 0 Å². The Morgan fingerprint density at radius 2 is 1.71 bits per heavy atom. The SMILES string of the molecule is Cc1ccccc1C(CCl)(CCl)Cc1ccc(Cl)cc1F. The first-order valence-corrected chi connectivity index (χ1v) is 8.09. The van der Waals surface area contributed by atoms with Gasteiger partial charge in [-0.2, -0.15) is 0 Å². The van der Waals surface area contributed by atoms with E-state index in [0.29, 0.717) is 28.8 Å². The molecule has 0 aromatic heterocycles. The van der Waals surface area contributed by atoms with Crippen LogP contribution in [0.5, 0.6) is 0 Å². The summed E-state index contributed by atoms with van der Waals surface area (Å²) in [6.45, 7) is 2.02. The maximum Gasteiger partial charge on any atom is 0.127 e. The molecule has 0 fully saturated rings. The first kappa shape index (κ1) is 16.6. The molecule has 2 aromatic carbocycles.